The van der Waals surface area contributed by atoms with Gasteiger partial charge in [-0.05, 0) is 43.7 Å². The molecule has 0 radical (unpaired) electrons. The highest BCUT2D eigenvalue weighted by atomic mass is 16.4. The second-order valence-electron chi connectivity index (χ2n) is 6.96. The number of likely N-dealkylation sites (tertiary alicyclic amines) is 1. The van der Waals surface area contributed by atoms with E-state index >= 15 is 0 Å². The average molecular weight is 319 g/mol. The number of rotatable bonds is 4. The van der Waals surface area contributed by atoms with E-state index in [2.05, 4.69) is 6.92 Å². The molecule has 1 aliphatic carbocycles. The van der Waals surface area contributed by atoms with Crippen molar-refractivity contribution >= 4 is 11.9 Å². The number of hydrogen-bond acceptors (Lipinski definition) is 3. The summed E-state index contributed by atoms with van der Waals surface area (Å²) in [6, 6.07) is 3.89. The standard InChI is InChI=1S/C18H25NO4/c1-3-12-4-7-16(23-12)15-10-11(2)8-9-19(15)17(20)13-5-6-14(13)18(21)22/h4,7,11,13-15H,3,5-6,8-10H2,1-2H3,(H,21,22). The number of hydrogen-bond donors (Lipinski definition) is 1. The molecule has 5 heteroatoms. The smallest absolute Gasteiger partial charge is 0.307 e. The van der Waals surface area contributed by atoms with E-state index in [1.54, 1.807) is 0 Å². The summed E-state index contributed by atoms with van der Waals surface area (Å²) in [6.45, 7) is 4.93. The maximum absolute atomic E-state index is 12.9. The van der Waals surface area contributed by atoms with Crippen LogP contribution in [0.2, 0.25) is 0 Å². The molecule has 4 atom stereocenters. The average Bonchev–Trinajstić information content (AvgIpc) is 2.94. The van der Waals surface area contributed by atoms with Gasteiger partial charge in [0.15, 0.2) is 0 Å². The molecule has 4 unspecified atom stereocenters. The molecule has 23 heavy (non-hydrogen) atoms. The molecule has 1 saturated heterocycles. The molecule has 1 aromatic rings. The zero-order chi connectivity index (χ0) is 16.6. The number of carbonyl (C=O) groups excluding carboxylic acids is 1. The van der Waals surface area contributed by atoms with Crippen molar-refractivity contribution in [3.05, 3.63) is 23.7 Å². The molecule has 0 aromatic carbocycles. The second-order valence-corrected chi connectivity index (χ2v) is 6.96. The van der Waals surface area contributed by atoms with E-state index in [9.17, 15) is 14.7 Å². The third-order valence-electron chi connectivity index (χ3n) is 5.42. The highest BCUT2D eigenvalue weighted by Gasteiger charge is 2.45. The third kappa shape index (κ3) is 3.01. The van der Waals surface area contributed by atoms with Crippen molar-refractivity contribution in [1.29, 1.82) is 0 Å². The van der Waals surface area contributed by atoms with Crippen molar-refractivity contribution in [3.8, 4) is 0 Å². The van der Waals surface area contributed by atoms with E-state index in [-0.39, 0.29) is 17.9 Å². The molecule has 126 valence electrons. The van der Waals surface area contributed by atoms with Crippen molar-refractivity contribution in [2.45, 2.75) is 52.0 Å². The van der Waals surface area contributed by atoms with Gasteiger partial charge in [0.25, 0.3) is 0 Å². The van der Waals surface area contributed by atoms with Crippen LogP contribution in [0.25, 0.3) is 0 Å². The van der Waals surface area contributed by atoms with Gasteiger partial charge in [-0.15, -0.1) is 0 Å². The van der Waals surface area contributed by atoms with Crippen molar-refractivity contribution < 1.29 is 19.1 Å². The highest BCUT2D eigenvalue weighted by molar-refractivity contribution is 5.86. The minimum Gasteiger partial charge on any atom is -0.481 e. The molecule has 1 N–H and O–H groups in total. The lowest BCUT2D eigenvalue weighted by Gasteiger charge is -2.42. The topological polar surface area (TPSA) is 70.8 Å². The number of carboxylic acids is 1. The molecule has 1 saturated carbocycles. The van der Waals surface area contributed by atoms with Gasteiger partial charge in [-0.25, -0.2) is 0 Å². The normalized spacial score (nSPS) is 30.8. The molecule has 0 spiro atoms. The Hall–Kier alpha value is -1.78. The molecule has 5 nitrogen and oxygen atoms in total. The van der Waals surface area contributed by atoms with Gasteiger partial charge in [0.2, 0.25) is 5.91 Å². The molecule has 2 fully saturated rings. The van der Waals surface area contributed by atoms with Crippen LogP contribution in [0.5, 0.6) is 0 Å². The lowest BCUT2D eigenvalue weighted by atomic mass is 9.72. The first-order chi connectivity index (χ1) is 11.0. The van der Waals surface area contributed by atoms with Crippen molar-refractivity contribution in [2.24, 2.45) is 17.8 Å². The number of furan rings is 1. The Morgan fingerprint density at radius 2 is 2.00 bits per heavy atom. The van der Waals surface area contributed by atoms with Gasteiger partial charge < -0.3 is 14.4 Å². The fourth-order valence-electron chi connectivity index (χ4n) is 3.74. The predicted octanol–water partition coefficient (Wildman–Crippen LogP) is 3.25. The number of amides is 1. The van der Waals surface area contributed by atoms with Crippen LogP contribution in [0.15, 0.2) is 16.5 Å². The maximum atomic E-state index is 12.9. The molecule has 3 rings (SSSR count). The molecular weight excluding hydrogens is 294 g/mol. The largest absolute Gasteiger partial charge is 0.481 e. The van der Waals surface area contributed by atoms with Gasteiger partial charge >= 0.3 is 5.97 Å². The number of aryl methyl sites for hydroxylation is 1. The van der Waals surface area contributed by atoms with Gasteiger partial charge in [0.05, 0.1) is 17.9 Å². The minimum absolute atomic E-state index is 0.00463. The summed E-state index contributed by atoms with van der Waals surface area (Å²) < 4.78 is 5.90. The first-order valence-corrected chi connectivity index (χ1v) is 8.63. The molecule has 1 aromatic heterocycles. The fourth-order valence-corrected chi connectivity index (χ4v) is 3.74. The summed E-state index contributed by atoms with van der Waals surface area (Å²) in [6.07, 6.45) is 3.98. The van der Waals surface area contributed by atoms with E-state index in [1.165, 1.54) is 0 Å². The third-order valence-corrected chi connectivity index (χ3v) is 5.42. The summed E-state index contributed by atoms with van der Waals surface area (Å²) in [5, 5.41) is 9.22. The summed E-state index contributed by atoms with van der Waals surface area (Å²) in [4.78, 5) is 26.0. The molecular formula is C18H25NO4. The fraction of sp³-hybridized carbons (Fsp3) is 0.667. The molecule has 2 heterocycles. The lowest BCUT2D eigenvalue weighted by Crippen LogP contribution is -2.49. The van der Waals surface area contributed by atoms with E-state index in [0.29, 0.717) is 25.3 Å². The molecule has 1 amide bonds. The summed E-state index contributed by atoms with van der Waals surface area (Å²) >= 11 is 0. The highest BCUT2D eigenvalue weighted by Crippen LogP contribution is 2.41. The van der Waals surface area contributed by atoms with Crippen molar-refractivity contribution in [1.82, 2.24) is 4.90 Å². The zero-order valence-corrected chi connectivity index (χ0v) is 13.8. The van der Waals surface area contributed by atoms with E-state index in [4.69, 9.17) is 4.42 Å². The maximum Gasteiger partial charge on any atom is 0.307 e. The number of nitrogens with zero attached hydrogens (tertiary/aromatic N) is 1. The van der Waals surface area contributed by atoms with Crippen molar-refractivity contribution in [2.75, 3.05) is 6.54 Å². The molecule has 0 bridgehead atoms. The minimum atomic E-state index is -0.845. The first-order valence-electron chi connectivity index (χ1n) is 8.63. The Morgan fingerprint density at radius 1 is 1.26 bits per heavy atom. The van der Waals surface area contributed by atoms with Crippen LogP contribution in [0.1, 0.15) is 57.1 Å². The Bertz CT molecular complexity index is 594. The number of carbonyl (C=O) groups is 2. The Balaban J connectivity index is 1.80. The Kier molecular flexibility index (Phi) is 4.46. The summed E-state index contributed by atoms with van der Waals surface area (Å²) in [7, 11) is 0. The van der Waals surface area contributed by atoms with Crippen LogP contribution >= 0.6 is 0 Å². The number of aliphatic carboxylic acids is 1. The second kappa shape index (κ2) is 6.38. The predicted molar refractivity (Wildman–Crippen MR) is 84.8 cm³/mol. The SMILES string of the molecule is CCc1ccc(C2CC(C)CCN2C(=O)C2CCC2C(=O)O)o1. The van der Waals surface area contributed by atoms with Gasteiger partial charge in [-0.2, -0.15) is 0 Å². The van der Waals surface area contributed by atoms with Crippen LogP contribution in [0, 0.1) is 17.8 Å². The van der Waals surface area contributed by atoms with Crippen molar-refractivity contribution in [3.63, 3.8) is 0 Å². The lowest BCUT2D eigenvalue weighted by molar-refractivity contribution is -0.159. The Morgan fingerprint density at radius 3 is 2.57 bits per heavy atom. The monoisotopic (exact) mass is 319 g/mol. The van der Waals surface area contributed by atoms with Crippen LogP contribution < -0.4 is 0 Å². The van der Waals surface area contributed by atoms with E-state index < -0.39 is 11.9 Å². The summed E-state index contributed by atoms with van der Waals surface area (Å²) in [5.41, 5.74) is 0. The Labute approximate surface area is 136 Å². The summed E-state index contributed by atoms with van der Waals surface area (Å²) in [5.74, 6) is 0.591. The van der Waals surface area contributed by atoms with Crippen LogP contribution in [-0.2, 0) is 16.0 Å². The van der Waals surface area contributed by atoms with Gasteiger partial charge in [-0.3, -0.25) is 9.59 Å². The van der Waals surface area contributed by atoms with Gasteiger partial charge in [0.1, 0.15) is 11.5 Å². The van der Waals surface area contributed by atoms with Gasteiger partial charge in [0, 0.05) is 13.0 Å². The number of carboxylic acid groups (broad SMARTS) is 1. The van der Waals surface area contributed by atoms with Crippen LogP contribution in [0.3, 0.4) is 0 Å². The van der Waals surface area contributed by atoms with Gasteiger partial charge in [-0.1, -0.05) is 13.8 Å². The first kappa shape index (κ1) is 16.1. The number of piperidine rings is 1. The molecule has 2 aliphatic rings. The van der Waals surface area contributed by atoms with E-state index in [1.807, 2.05) is 24.0 Å². The van der Waals surface area contributed by atoms with E-state index in [0.717, 1.165) is 30.8 Å². The van der Waals surface area contributed by atoms with Crippen LogP contribution in [0.4, 0.5) is 0 Å². The van der Waals surface area contributed by atoms with Crippen LogP contribution in [-0.4, -0.2) is 28.4 Å². The molecule has 1 aliphatic heterocycles. The quantitative estimate of drug-likeness (QED) is 0.924. The zero-order valence-electron chi connectivity index (χ0n) is 13.8.